The molecule has 0 unspecified atom stereocenters. The maximum atomic E-state index is 14.9. The summed E-state index contributed by atoms with van der Waals surface area (Å²) in [6, 6.07) is 8.04. The Bertz CT molecular complexity index is 1630. The van der Waals surface area contributed by atoms with Gasteiger partial charge in [-0.1, -0.05) is 19.4 Å². The minimum Gasteiger partial charge on any atom is -0.359 e. The van der Waals surface area contributed by atoms with Crippen molar-refractivity contribution in [2.24, 2.45) is 0 Å². The van der Waals surface area contributed by atoms with Crippen molar-refractivity contribution in [1.82, 2.24) is 29.5 Å². The number of halogens is 2. The number of carbonyl (C=O) groups is 1. The number of amides is 1. The number of likely N-dealkylation sites (N-methyl/N-ethyl adjacent to an activating group) is 1. The van der Waals surface area contributed by atoms with Crippen LogP contribution < -0.4 is 16.3 Å². The lowest BCUT2D eigenvalue weighted by atomic mass is 9.93. The number of nitrogens with one attached hydrogen (secondary N) is 2. The minimum atomic E-state index is -0.568. The highest BCUT2D eigenvalue weighted by molar-refractivity contribution is 5.78. The Hall–Kier alpha value is -4.05. The summed E-state index contributed by atoms with van der Waals surface area (Å²) in [4.78, 5) is 25.6. The van der Waals surface area contributed by atoms with E-state index in [2.05, 4.69) is 24.5 Å². The summed E-state index contributed by atoms with van der Waals surface area (Å²) in [5.41, 5.74) is 3.65. The number of rotatable bonds is 7. The van der Waals surface area contributed by atoms with Crippen molar-refractivity contribution in [3.05, 3.63) is 92.8 Å². The van der Waals surface area contributed by atoms with E-state index in [4.69, 9.17) is 5.10 Å². The predicted octanol–water partition coefficient (Wildman–Crippen LogP) is 4.37. The van der Waals surface area contributed by atoms with E-state index in [0.29, 0.717) is 34.7 Å². The van der Waals surface area contributed by atoms with Gasteiger partial charge in [0.1, 0.15) is 17.5 Å². The highest BCUT2D eigenvalue weighted by Crippen LogP contribution is 2.35. The second kappa shape index (κ2) is 10.8. The van der Waals surface area contributed by atoms with Crippen LogP contribution in [0.1, 0.15) is 60.7 Å². The quantitative estimate of drug-likeness (QED) is 0.359. The summed E-state index contributed by atoms with van der Waals surface area (Å²) in [6.45, 7) is 7.65. The molecule has 8 nitrogen and oxygen atoms in total. The largest absolute Gasteiger partial charge is 0.359 e. The van der Waals surface area contributed by atoms with E-state index >= 15 is 0 Å². The van der Waals surface area contributed by atoms with Gasteiger partial charge in [-0.05, 0) is 68.1 Å². The third-order valence-electron chi connectivity index (χ3n) is 7.50. The van der Waals surface area contributed by atoms with E-state index in [1.807, 2.05) is 0 Å². The predicted molar refractivity (Wildman–Crippen MR) is 150 cm³/mol. The van der Waals surface area contributed by atoms with Crippen molar-refractivity contribution in [3.63, 3.8) is 0 Å². The van der Waals surface area contributed by atoms with Gasteiger partial charge in [0.15, 0.2) is 0 Å². The van der Waals surface area contributed by atoms with Crippen molar-refractivity contribution in [2.45, 2.75) is 65.5 Å². The Morgan fingerprint density at radius 1 is 1.10 bits per heavy atom. The monoisotopic (exact) mass is 548 g/mol. The molecule has 2 N–H and O–H groups in total. The third kappa shape index (κ3) is 4.88. The highest BCUT2D eigenvalue weighted by Gasteiger charge is 2.33. The molecule has 0 aliphatic carbocycles. The first kappa shape index (κ1) is 27.5. The van der Waals surface area contributed by atoms with E-state index in [0.717, 1.165) is 24.1 Å². The van der Waals surface area contributed by atoms with Gasteiger partial charge in [-0.3, -0.25) is 13.9 Å². The van der Waals surface area contributed by atoms with Crippen molar-refractivity contribution in [2.75, 3.05) is 7.05 Å². The van der Waals surface area contributed by atoms with Gasteiger partial charge in [-0.25, -0.2) is 18.3 Å². The smallest absolute Gasteiger partial charge is 0.338 e. The molecule has 0 saturated carbocycles. The lowest BCUT2D eigenvalue weighted by molar-refractivity contribution is -0.120. The second-order valence-corrected chi connectivity index (χ2v) is 10.5. The fraction of sp³-hybridized carbons (Fsp3) is 0.367. The van der Waals surface area contributed by atoms with Crippen LogP contribution in [-0.2, 0) is 17.6 Å². The van der Waals surface area contributed by atoms with Gasteiger partial charge in [0, 0.05) is 43.5 Å². The number of hydrogen-bond acceptors (Lipinski definition) is 4. The maximum Gasteiger partial charge on any atom is 0.338 e. The zero-order chi connectivity index (χ0) is 28.7. The molecule has 4 aromatic rings. The summed E-state index contributed by atoms with van der Waals surface area (Å²) in [5, 5.41) is 11.1. The summed E-state index contributed by atoms with van der Waals surface area (Å²) in [5.74, 6) is -0.559. The molecule has 210 valence electrons. The fourth-order valence-electron chi connectivity index (χ4n) is 5.55. The van der Waals surface area contributed by atoms with Gasteiger partial charge >= 0.3 is 5.69 Å². The minimum absolute atomic E-state index is 0.0215. The van der Waals surface area contributed by atoms with Crippen LogP contribution in [0.2, 0.25) is 0 Å². The van der Waals surface area contributed by atoms with Crippen molar-refractivity contribution < 1.29 is 13.6 Å². The van der Waals surface area contributed by atoms with Crippen molar-refractivity contribution in [3.8, 4) is 17.2 Å². The van der Waals surface area contributed by atoms with Crippen molar-refractivity contribution >= 4 is 5.91 Å². The van der Waals surface area contributed by atoms with Gasteiger partial charge in [0.25, 0.3) is 0 Å². The molecule has 1 aliphatic heterocycles. The Balaban J connectivity index is 1.68. The molecule has 2 atom stereocenters. The molecular formula is C30H34F2N6O2. The first-order valence-corrected chi connectivity index (χ1v) is 13.6. The van der Waals surface area contributed by atoms with Crippen LogP contribution in [0.5, 0.6) is 0 Å². The molecule has 0 spiro atoms. The average molecular weight is 549 g/mol. The molecule has 0 fully saturated rings. The molecule has 0 radical (unpaired) electrons. The maximum absolute atomic E-state index is 14.9. The number of fused-ring (bicyclic) bond motifs is 1. The van der Waals surface area contributed by atoms with Crippen LogP contribution in [0.4, 0.5) is 8.78 Å². The average Bonchev–Trinajstić information content (AvgIpc) is 3.48. The summed E-state index contributed by atoms with van der Waals surface area (Å²) in [7, 11) is 1.50. The standard InChI is InChI=1S/C30H34F2N6O2/c1-6-7-24-27-25(14-19(4)34-24)35-38(22-12-17(2)28(32)18(3)13-22)29(27)37-11-10-36(30(37)40)21-9-8-20(23(31)16-21)15-26(39)33-5/h8-13,16,19,24,34H,6-7,14-15H2,1-5H3,(H,33,39)/t19-,24+/m1/s1. The summed E-state index contributed by atoms with van der Waals surface area (Å²) < 4.78 is 34.0. The topological polar surface area (TPSA) is 85.9 Å². The number of nitrogens with zero attached hydrogens (tertiary/aromatic N) is 4. The van der Waals surface area contributed by atoms with Crippen LogP contribution >= 0.6 is 0 Å². The van der Waals surface area contributed by atoms with Gasteiger partial charge in [0.05, 0.1) is 23.5 Å². The normalized spacial score (nSPS) is 16.7. The Morgan fingerprint density at radius 2 is 1.80 bits per heavy atom. The number of aromatic nitrogens is 4. The van der Waals surface area contributed by atoms with E-state index in [-0.39, 0.29) is 35.8 Å². The van der Waals surface area contributed by atoms with Crippen LogP contribution in [-0.4, -0.2) is 37.9 Å². The molecule has 2 aromatic carbocycles. The Labute approximate surface area is 231 Å². The number of imidazole rings is 1. The van der Waals surface area contributed by atoms with Gasteiger partial charge in [0.2, 0.25) is 5.91 Å². The lowest BCUT2D eigenvalue weighted by Gasteiger charge is -2.29. The van der Waals surface area contributed by atoms with Crippen LogP contribution in [0.3, 0.4) is 0 Å². The first-order valence-electron chi connectivity index (χ1n) is 13.6. The molecular weight excluding hydrogens is 514 g/mol. The van der Waals surface area contributed by atoms with Gasteiger partial charge < -0.3 is 10.6 Å². The lowest BCUT2D eigenvalue weighted by Crippen LogP contribution is -2.38. The summed E-state index contributed by atoms with van der Waals surface area (Å²) >= 11 is 0. The van der Waals surface area contributed by atoms with E-state index in [1.54, 1.807) is 49.1 Å². The van der Waals surface area contributed by atoms with E-state index < -0.39 is 11.5 Å². The zero-order valence-corrected chi connectivity index (χ0v) is 23.4. The number of carbonyl (C=O) groups excluding carboxylic acids is 1. The van der Waals surface area contributed by atoms with E-state index in [1.165, 1.54) is 28.3 Å². The van der Waals surface area contributed by atoms with Crippen molar-refractivity contribution in [1.29, 1.82) is 0 Å². The Kier molecular flexibility index (Phi) is 7.46. The Morgan fingerprint density at radius 3 is 2.45 bits per heavy atom. The number of hydrogen-bond donors (Lipinski definition) is 2. The molecule has 10 heteroatoms. The molecule has 3 heterocycles. The first-order chi connectivity index (χ1) is 19.1. The zero-order valence-electron chi connectivity index (χ0n) is 23.4. The highest BCUT2D eigenvalue weighted by atomic mass is 19.1. The van der Waals surface area contributed by atoms with Crippen LogP contribution in [0, 0.1) is 25.5 Å². The summed E-state index contributed by atoms with van der Waals surface area (Å²) in [6.07, 6.45) is 5.61. The number of aryl methyl sites for hydroxylation is 2. The molecule has 1 aliphatic rings. The molecule has 0 saturated heterocycles. The van der Waals surface area contributed by atoms with Crippen LogP contribution in [0.25, 0.3) is 17.2 Å². The fourth-order valence-corrected chi connectivity index (χ4v) is 5.55. The molecule has 40 heavy (non-hydrogen) atoms. The molecule has 1 amide bonds. The molecule has 0 bridgehead atoms. The molecule has 5 rings (SSSR count). The van der Waals surface area contributed by atoms with Crippen LogP contribution in [0.15, 0.2) is 47.5 Å². The van der Waals surface area contributed by atoms with E-state index in [9.17, 15) is 18.4 Å². The van der Waals surface area contributed by atoms with Gasteiger partial charge in [-0.2, -0.15) is 5.10 Å². The number of benzene rings is 2. The molecule has 2 aromatic heterocycles. The second-order valence-electron chi connectivity index (χ2n) is 10.5. The SMILES string of the molecule is CCC[C@@H]1N[C@H](C)Cc2nn(-c3cc(C)c(F)c(C)c3)c(-n3ccn(-c4ccc(CC(=O)NC)c(F)c4)c3=O)c21. The van der Waals surface area contributed by atoms with Gasteiger partial charge in [-0.15, -0.1) is 0 Å². The third-order valence-corrected chi connectivity index (χ3v) is 7.50.